The van der Waals surface area contributed by atoms with E-state index >= 15 is 0 Å². The third-order valence-corrected chi connectivity index (χ3v) is 5.92. The Morgan fingerprint density at radius 1 is 1.00 bits per heavy atom. The number of nitrogens with zero attached hydrogens (tertiary/aromatic N) is 3. The van der Waals surface area contributed by atoms with Gasteiger partial charge >= 0.3 is 0 Å². The van der Waals surface area contributed by atoms with E-state index in [1.165, 1.54) is 19.2 Å². The summed E-state index contributed by atoms with van der Waals surface area (Å²) >= 11 is 0. The molecule has 0 atom stereocenters. The molecule has 3 rings (SSSR count). The Morgan fingerprint density at radius 2 is 1.59 bits per heavy atom. The van der Waals surface area contributed by atoms with E-state index in [1.54, 1.807) is 41.3 Å². The number of carbonyl (C=O) groups is 1. The molecule has 0 bridgehead atoms. The predicted molar refractivity (Wildman–Crippen MR) is 104 cm³/mol. The van der Waals surface area contributed by atoms with Crippen LogP contribution in [0.3, 0.4) is 0 Å². The van der Waals surface area contributed by atoms with Crippen LogP contribution in [0.15, 0.2) is 48.5 Å². The number of halogens is 1. The van der Waals surface area contributed by atoms with Gasteiger partial charge in [-0.3, -0.25) is 9.10 Å². The lowest BCUT2D eigenvalue weighted by atomic mass is 10.1. The van der Waals surface area contributed by atoms with Gasteiger partial charge in [0.25, 0.3) is 5.91 Å². The predicted octanol–water partition coefficient (Wildman–Crippen LogP) is 2.18. The molecule has 144 valence electrons. The van der Waals surface area contributed by atoms with E-state index in [0.29, 0.717) is 37.4 Å². The van der Waals surface area contributed by atoms with Gasteiger partial charge in [0, 0.05) is 38.9 Å². The van der Waals surface area contributed by atoms with Crippen molar-refractivity contribution in [2.24, 2.45) is 0 Å². The molecular formula is C19H22FN3O3S. The monoisotopic (exact) mass is 391 g/mol. The molecule has 0 N–H and O–H groups in total. The topological polar surface area (TPSA) is 60.9 Å². The van der Waals surface area contributed by atoms with E-state index in [2.05, 4.69) is 4.90 Å². The number of anilines is 2. The summed E-state index contributed by atoms with van der Waals surface area (Å²) in [6.07, 6.45) is 1.11. The van der Waals surface area contributed by atoms with Crippen LogP contribution in [0, 0.1) is 5.82 Å². The molecule has 1 aliphatic rings. The average Bonchev–Trinajstić information content (AvgIpc) is 2.67. The first-order valence-electron chi connectivity index (χ1n) is 8.60. The zero-order chi connectivity index (χ0) is 19.6. The Labute approximate surface area is 158 Å². The maximum atomic E-state index is 13.1. The van der Waals surface area contributed by atoms with Crippen LogP contribution in [0.2, 0.25) is 0 Å². The second kappa shape index (κ2) is 7.56. The first-order chi connectivity index (χ1) is 12.8. The van der Waals surface area contributed by atoms with Gasteiger partial charge < -0.3 is 9.80 Å². The van der Waals surface area contributed by atoms with Crippen LogP contribution in [0.25, 0.3) is 0 Å². The van der Waals surface area contributed by atoms with Gasteiger partial charge in [0.15, 0.2) is 0 Å². The van der Waals surface area contributed by atoms with Crippen LogP contribution in [-0.2, 0) is 10.0 Å². The summed E-state index contributed by atoms with van der Waals surface area (Å²) in [5.41, 5.74) is 1.65. The molecule has 1 aliphatic heterocycles. The molecule has 2 aromatic rings. The maximum Gasteiger partial charge on any atom is 0.256 e. The molecule has 1 heterocycles. The molecule has 27 heavy (non-hydrogen) atoms. The van der Waals surface area contributed by atoms with E-state index in [-0.39, 0.29) is 11.7 Å². The lowest BCUT2D eigenvalue weighted by molar-refractivity contribution is 0.0747. The van der Waals surface area contributed by atoms with Crippen molar-refractivity contribution in [1.29, 1.82) is 0 Å². The Hall–Kier alpha value is -2.61. The minimum absolute atomic E-state index is 0.195. The van der Waals surface area contributed by atoms with Gasteiger partial charge in [-0.1, -0.05) is 12.1 Å². The number of hydrogen-bond donors (Lipinski definition) is 0. The van der Waals surface area contributed by atoms with Crippen LogP contribution >= 0.6 is 0 Å². The molecular weight excluding hydrogens is 369 g/mol. The number of benzene rings is 2. The molecule has 6 nitrogen and oxygen atoms in total. The van der Waals surface area contributed by atoms with Crippen molar-refractivity contribution in [3.05, 3.63) is 59.9 Å². The molecule has 8 heteroatoms. The normalized spacial score (nSPS) is 14.9. The lowest BCUT2D eigenvalue weighted by Crippen LogP contribution is -2.49. The van der Waals surface area contributed by atoms with E-state index in [0.717, 1.165) is 16.2 Å². The van der Waals surface area contributed by atoms with Crippen LogP contribution in [0.5, 0.6) is 0 Å². The van der Waals surface area contributed by atoms with Gasteiger partial charge in [0.05, 0.1) is 17.5 Å². The minimum Gasteiger partial charge on any atom is -0.368 e. The SMILES string of the molecule is CN(c1ccccc1C(=O)N1CCN(c2ccc(F)cc2)CC1)S(C)(=O)=O. The number of rotatable bonds is 4. The fraction of sp³-hybridized carbons (Fsp3) is 0.316. The van der Waals surface area contributed by atoms with Crippen molar-refractivity contribution in [1.82, 2.24) is 4.90 Å². The maximum absolute atomic E-state index is 13.1. The van der Waals surface area contributed by atoms with E-state index in [9.17, 15) is 17.6 Å². The Balaban J connectivity index is 1.74. The number of carbonyl (C=O) groups excluding carboxylic acids is 1. The minimum atomic E-state index is -3.47. The van der Waals surface area contributed by atoms with Gasteiger partial charge in [-0.2, -0.15) is 0 Å². The fourth-order valence-electron chi connectivity index (χ4n) is 3.10. The first kappa shape index (κ1) is 19.2. The van der Waals surface area contributed by atoms with Gasteiger partial charge in [0.1, 0.15) is 5.82 Å². The van der Waals surface area contributed by atoms with Crippen LogP contribution < -0.4 is 9.21 Å². The van der Waals surface area contributed by atoms with Crippen LogP contribution in [0.4, 0.5) is 15.8 Å². The van der Waals surface area contributed by atoms with Crippen LogP contribution in [0.1, 0.15) is 10.4 Å². The molecule has 0 aliphatic carbocycles. The summed E-state index contributed by atoms with van der Waals surface area (Å²) in [5.74, 6) is -0.473. The van der Waals surface area contributed by atoms with Gasteiger partial charge in [-0.25, -0.2) is 12.8 Å². The van der Waals surface area contributed by atoms with Crippen molar-refractivity contribution in [2.45, 2.75) is 0 Å². The number of sulfonamides is 1. The van der Waals surface area contributed by atoms with Gasteiger partial charge in [0.2, 0.25) is 10.0 Å². The van der Waals surface area contributed by atoms with E-state index in [1.807, 2.05) is 0 Å². The molecule has 2 aromatic carbocycles. The zero-order valence-electron chi connectivity index (χ0n) is 15.3. The van der Waals surface area contributed by atoms with Crippen molar-refractivity contribution >= 4 is 27.3 Å². The second-order valence-electron chi connectivity index (χ2n) is 6.50. The molecule has 0 unspecified atom stereocenters. The van der Waals surface area contributed by atoms with Crippen molar-refractivity contribution < 1.29 is 17.6 Å². The number of amides is 1. The summed E-state index contributed by atoms with van der Waals surface area (Å²) in [7, 11) is -2.03. The highest BCUT2D eigenvalue weighted by molar-refractivity contribution is 7.92. The molecule has 1 fully saturated rings. The van der Waals surface area contributed by atoms with E-state index < -0.39 is 10.0 Å². The molecule has 0 radical (unpaired) electrons. The Bertz CT molecular complexity index is 923. The molecule has 0 saturated carbocycles. The van der Waals surface area contributed by atoms with Crippen LogP contribution in [-0.4, -0.2) is 58.7 Å². The summed E-state index contributed by atoms with van der Waals surface area (Å²) in [6, 6.07) is 13.0. The molecule has 0 aromatic heterocycles. The van der Waals surface area contributed by atoms with Crippen molar-refractivity contribution in [3.8, 4) is 0 Å². The van der Waals surface area contributed by atoms with Gasteiger partial charge in [-0.15, -0.1) is 0 Å². The fourth-order valence-corrected chi connectivity index (χ4v) is 3.61. The number of piperazine rings is 1. The summed E-state index contributed by atoms with van der Waals surface area (Å²) < 4.78 is 37.9. The molecule has 0 spiro atoms. The summed E-state index contributed by atoms with van der Waals surface area (Å²) in [6.45, 7) is 2.27. The summed E-state index contributed by atoms with van der Waals surface area (Å²) in [4.78, 5) is 16.8. The van der Waals surface area contributed by atoms with Gasteiger partial charge in [-0.05, 0) is 36.4 Å². The lowest BCUT2D eigenvalue weighted by Gasteiger charge is -2.36. The Kier molecular flexibility index (Phi) is 5.36. The highest BCUT2D eigenvalue weighted by Gasteiger charge is 2.26. The smallest absolute Gasteiger partial charge is 0.256 e. The number of hydrogen-bond acceptors (Lipinski definition) is 4. The number of para-hydroxylation sites is 1. The van der Waals surface area contributed by atoms with E-state index in [4.69, 9.17) is 0 Å². The largest absolute Gasteiger partial charge is 0.368 e. The van der Waals surface area contributed by atoms with Crippen molar-refractivity contribution in [2.75, 3.05) is 48.7 Å². The standard InChI is InChI=1S/C19H22FN3O3S/c1-21(27(2,25)26)18-6-4-3-5-17(18)19(24)23-13-11-22(12-14-23)16-9-7-15(20)8-10-16/h3-10H,11-14H2,1-2H3. The highest BCUT2D eigenvalue weighted by Crippen LogP contribution is 2.24. The third kappa shape index (κ3) is 4.21. The quantitative estimate of drug-likeness (QED) is 0.802. The Morgan fingerprint density at radius 3 is 2.19 bits per heavy atom. The third-order valence-electron chi connectivity index (χ3n) is 4.73. The average molecular weight is 391 g/mol. The summed E-state index contributed by atoms with van der Waals surface area (Å²) in [5, 5.41) is 0. The van der Waals surface area contributed by atoms with Crippen molar-refractivity contribution in [3.63, 3.8) is 0 Å². The molecule has 1 saturated heterocycles. The highest BCUT2D eigenvalue weighted by atomic mass is 32.2. The zero-order valence-corrected chi connectivity index (χ0v) is 16.1. The molecule has 1 amide bonds. The first-order valence-corrected chi connectivity index (χ1v) is 10.4. The second-order valence-corrected chi connectivity index (χ2v) is 8.52.